The quantitative estimate of drug-likeness (QED) is 0.114. The highest BCUT2D eigenvalue weighted by Crippen LogP contribution is 2.34. The number of pyridine rings is 1. The maximum absolute atomic E-state index is 13.1. The van der Waals surface area contributed by atoms with Gasteiger partial charge in [0.25, 0.3) is 0 Å². The molecule has 0 unspecified atom stereocenters. The van der Waals surface area contributed by atoms with Gasteiger partial charge in [0.15, 0.2) is 5.75 Å². The molecule has 4 aromatic carbocycles. The maximum atomic E-state index is 13.1. The number of rotatable bonds is 14. The van der Waals surface area contributed by atoms with Gasteiger partial charge in [-0.25, -0.2) is 4.98 Å². The summed E-state index contributed by atoms with van der Waals surface area (Å²) in [7, 11) is 0. The lowest BCUT2D eigenvalue weighted by Gasteiger charge is -2.34. The fourth-order valence-corrected chi connectivity index (χ4v) is 6.69. The van der Waals surface area contributed by atoms with Crippen molar-refractivity contribution in [3.63, 3.8) is 0 Å². The molecule has 0 atom stereocenters. The van der Waals surface area contributed by atoms with Crippen molar-refractivity contribution in [1.82, 2.24) is 14.8 Å². The zero-order chi connectivity index (χ0) is 37.2. The second kappa shape index (κ2) is 18.3. The number of benzene rings is 4. The maximum Gasteiger partial charge on any atom is 0.246 e. The van der Waals surface area contributed by atoms with E-state index in [0.29, 0.717) is 53.0 Å². The first kappa shape index (κ1) is 37.9. The molecule has 5 aromatic rings. The van der Waals surface area contributed by atoms with Gasteiger partial charge in [-0.15, -0.1) is 0 Å². The van der Waals surface area contributed by atoms with Crippen LogP contribution in [-0.2, 0) is 24.4 Å². The molecule has 53 heavy (non-hydrogen) atoms. The van der Waals surface area contributed by atoms with Gasteiger partial charge < -0.3 is 19.7 Å². The summed E-state index contributed by atoms with van der Waals surface area (Å²) in [5.41, 5.74) is 7.67. The predicted molar refractivity (Wildman–Crippen MR) is 216 cm³/mol. The van der Waals surface area contributed by atoms with Crippen molar-refractivity contribution >= 4 is 40.9 Å². The second-order valence-corrected chi connectivity index (χ2v) is 14.5. The number of piperazine rings is 1. The molecule has 1 aliphatic heterocycles. The van der Waals surface area contributed by atoms with E-state index in [4.69, 9.17) is 32.7 Å². The molecule has 1 aliphatic rings. The van der Waals surface area contributed by atoms with Crippen LogP contribution in [0.2, 0.25) is 10.0 Å². The normalized spacial score (nSPS) is 13.4. The summed E-state index contributed by atoms with van der Waals surface area (Å²) >= 11 is 12.9. The SMILES string of the molecule is Cc1cc(C=CC(=O)N2CCN(Cc3ccc(CCNc4ccc(C(C)C)cc4)cc3)CC2)cc(Cl)c1Oc1ccc(OCc2ccccc2Cl)cn1. The van der Waals surface area contributed by atoms with Gasteiger partial charge in [-0.1, -0.05) is 91.6 Å². The van der Waals surface area contributed by atoms with Gasteiger partial charge in [0.2, 0.25) is 11.8 Å². The van der Waals surface area contributed by atoms with E-state index in [0.717, 1.165) is 55.0 Å². The van der Waals surface area contributed by atoms with Gasteiger partial charge in [0, 0.05) is 67.7 Å². The average Bonchev–Trinajstić information content (AvgIpc) is 3.16. The van der Waals surface area contributed by atoms with E-state index in [1.807, 2.05) is 42.2 Å². The average molecular weight is 750 g/mol. The third-order valence-electron chi connectivity index (χ3n) is 9.37. The molecule has 6 rings (SSSR count). The molecule has 0 bridgehead atoms. The van der Waals surface area contributed by atoms with E-state index < -0.39 is 0 Å². The number of aromatic nitrogens is 1. The molecule has 1 aromatic heterocycles. The van der Waals surface area contributed by atoms with Crippen LogP contribution in [0, 0.1) is 6.92 Å². The molecular weight excluding hydrogens is 703 g/mol. The van der Waals surface area contributed by atoms with Crippen molar-refractivity contribution in [2.24, 2.45) is 0 Å². The lowest BCUT2D eigenvalue weighted by atomic mass is 10.0. The number of anilines is 1. The van der Waals surface area contributed by atoms with Crippen LogP contribution in [0.15, 0.2) is 109 Å². The number of nitrogens with one attached hydrogen (secondary N) is 1. The fourth-order valence-electron chi connectivity index (χ4n) is 6.18. The van der Waals surface area contributed by atoms with Crippen LogP contribution in [-0.4, -0.2) is 53.4 Å². The summed E-state index contributed by atoms with van der Waals surface area (Å²) in [4.78, 5) is 21.8. The molecule has 7 nitrogen and oxygen atoms in total. The van der Waals surface area contributed by atoms with Crippen LogP contribution in [0.25, 0.3) is 6.08 Å². The highest BCUT2D eigenvalue weighted by Gasteiger charge is 2.20. The zero-order valence-electron chi connectivity index (χ0n) is 30.5. The minimum atomic E-state index is -0.00590. The minimum absolute atomic E-state index is 0.00590. The van der Waals surface area contributed by atoms with Crippen LogP contribution < -0.4 is 14.8 Å². The molecule has 1 amide bonds. The molecule has 1 N–H and O–H groups in total. The van der Waals surface area contributed by atoms with Crippen molar-refractivity contribution in [2.45, 2.75) is 46.3 Å². The molecule has 0 radical (unpaired) electrons. The van der Waals surface area contributed by atoms with Gasteiger partial charge in [-0.3, -0.25) is 9.69 Å². The van der Waals surface area contributed by atoms with Crippen molar-refractivity contribution in [1.29, 1.82) is 0 Å². The summed E-state index contributed by atoms with van der Waals surface area (Å²) in [6.07, 6.45) is 6.00. The molecule has 0 spiro atoms. The summed E-state index contributed by atoms with van der Waals surface area (Å²) in [6.45, 7) is 11.5. The Morgan fingerprint density at radius 1 is 0.887 bits per heavy atom. The van der Waals surface area contributed by atoms with Gasteiger partial charge in [0.1, 0.15) is 12.4 Å². The first-order valence-electron chi connectivity index (χ1n) is 18.1. The molecule has 9 heteroatoms. The predicted octanol–water partition coefficient (Wildman–Crippen LogP) is 10.2. The van der Waals surface area contributed by atoms with Gasteiger partial charge in [-0.05, 0) is 89.6 Å². The highest BCUT2D eigenvalue weighted by molar-refractivity contribution is 6.32. The van der Waals surface area contributed by atoms with Gasteiger partial charge >= 0.3 is 0 Å². The Bertz CT molecular complexity index is 1970. The number of hydrogen-bond donors (Lipinski definition) is 1. The van der Waals surface area contributed by atoms with Crippen LogP contribution in [0.1, 0.15) is 53.1 Å². The Labute approximate surface area is 323 Å². The van der Waals surface area contributed by atoms with E-state index in [1.54, 1.807) is 36.5 Å². The molecule has 1 fully saturated rings. The first-order chi connectivity index (χ1) is 25.7. The number of carbonyl (C=O) groups excluding carboxylic acids is 1. The summed E-state index contributed by atoms with van der Waals surface area (Å²) in [5, 5.41) is 4.62. The van der Waals surface area contributed by atoms with Gasteiger partial charge in [-0.2, -0.15) is 0 Å². The Morgan fingerprint density at radius 3 is 2.30 bits per heavy atom. The number of carbonyl (C=O) groups is 1. The third-order valence-corrected chi connectivity index (χ3v) is 10.0. The van der Waals surface area contributed by atoms with Crippen LogP contribution in [0.5, 0.6) is 17.4 Å². The lowest BCUT2D eigenvalue weighted by Crippen LogP contribution is -2.47. The number of hydrogen-bond acceptors (Lipinski definition) is 6. The summed E-state index contributed by atoms with van der Waals surface area (Å²) < 4.78 is 11.8. The fraction of sp³-hybridized carbons (Fsp3) is 0.273. The highest BCUT2D eigenvalue weighted by atomic mass is 35.5. The Balaban J connectivity index is 0.925. The Morgan fingerprint density at radius 2 is 1.62 bits per heavy atom. The molecule has 0 aliphatic carbocycles. The Hall–Kier alpha value is -4.82. The molecule has 0 saturated carbocycles. The number of amides is 1. The molecule has 274 valence electrons. The monoisotopic (exact) mass is 748 g/mol. The van der Waals surface area contributed by atoms with E-state index >= 15 is 0 Å². The topological polar surface area (TPSA) is 66.9 Å². The van der Waals surface area contributed by atoms with E-state index in [1.165, 1.54) is 16.7 Å². The first-order valence-corrected chi connectivity index (χ1v) is 18.9. The summed E-state index contributed by atoms with van der Waals surface area (Å²) in [6, 6.07) is 32.4. The largest absolute Gasteiger partial charge is 0.487 e. The minimum Gasteiger partial charge on any atom is -0.487 e. The number of nitrogens with zero attached hydrogens (tertiary/aromatic N) is 3. The second-order valence-electron chi connectivity index (χ2n) is 13.7. The van der Waals surface area contributed by atoms with Crippen molar-refractivity contribution in [2.75, 3.05) is 38.0 Å². The van der Waals surface area contributed by atoms with Crippen molar-refractivity contribution in [3.05, 3.63) is 153 Å². The van der Waals surface area contributed by atoms with Crippen LogP contribution in [0.3, 0.4) is 0 Å². The van der Waals surface area contributed by atoms with E-state index in [9.17, 15) is 4.79 Å². The number of aryl methyl sites for hydroxylation is 1. The smallest absolute Gasteiger partial charge is 0.246 e. The Kier molecular flexibility index (Phi) is 13.1. The third kappa shape index (κ3) is 10.9. The van der Waals surface area contributed by atoms with Crippen molar-refractivity contribution in [3.8, 4) is 17.4 Å². The number of halogens is 2. The standard InChI is InChI=1S/C44H46Cl2N4O3/c1-31(2)36-13-15-38(16-14-36)47-21-20-33-8-10-34(11-9-33)29-49-22-24-50(25-23-49)43(51)19-12-35-26-32(3)44(41(46)27-35)53-42-18-17-39(28-48-42)52-30-37-6-4-5-7-40(37)45/h4-19,26-28,31,47H,20-25,29-30H2,1-3H3. The summed E-state index contributed by atoms with van der Waals surface area (Å²) in [5.74, 6) is 2.04. The lowest BCUT2D eigenvalue weighted by molar-refractivity contribution is -0.127. The van der Waals surface area contributed by atoms with Crippen LogP contribution >= 0.6 is 23.2 Å². The number of ether oxygens (including phenoxy) is 2. The zero-order valence-corrected chi connectivity index (χ0v) is 32.0. The molecular formula is C44H46Cl2N4O3. The van der Waals surface area contributed by atoms with Gasteiger partial charge in [0.05, 0.1) is 11.2 Å². The van der Waals surface area contributed by atoms with E-state index in [2.05, 4.69) is 77.6 Å². The van der Waals surface area contributed by atoms with Crippen LogP contribution in [0.4, 0.5) is 5.69 Å². The van der Waals surface area contributed by atoms with Crippen molar-refractivity contribution < 1.29 is 14.3 Å². The van der Waals surface area contributed by atoms with E-state index in [-0.39, 0.29) is 5.91 Å². The molecule has 1 saturated heterocycles. The molecule has 2 heterocycles.